The first-order valence-corrected chi connectivity index (χ1v) is 10.6. The summed E-state index contributed by atoms with van der Waals surface area (Å²) in [4.78, 5) is 24.4. The number of benzene rings is 3. The third-order valence-corrected chi connectivity index (χ3v) is 4.93. The summed E-state index contributed by atoms with van der Waals surface area (Å²) >= 11 is 12.0. The summed E-state index contributed by atoms with van der Waals surface area (Å²) in [6.45, 7) is 1.79. The molecule has 0 bridgehead atoms. The van der Waals surface area contributed by atoms with Gasteiger partial charge >= 0.3 is 5.97 Å². The first kappa shape index (κ1) is 24.2. The van der Waals surface area contributed by atoms with Crippen LogP contribution in [0.4, 0.5) is 4.39 Å². The highest BCUT2D eigenvalue weighted by Gasteiger charge is 2.19. The molecule has 0 aliphatic carbocycles. The van der Waals surface area contributed by atoms with Crippen molar-refractivity contribution in [2.45, 2.75) is 19.4 Å². The number of nitrogens with zero attached hydrogens (tertiary/aromatic N) is 1. The molecule has 1 unspecified atom stereocenters. The zero-order valence-electron chi connectivity index (χ0n) is 17.4. The van der Waals surface area contributed by atoms with Gasteiger partial charge in [-0.15, -0.1) is 0 Å². The van der Waals surface area contributed by atoms with Gasteiger partial charge < -0.3 is 9.47 Å². The molecule has 1 amide bonds. The van der Waals surface area contributed by atoms with Gasteiger partial charge in [0.1, 0.15) is 17.3 Å². The Morgan fingerprint density at radius 1 is 1.09 bits per heavy atom. The molecule has 6 nitrogen and oxygen atoms in total. The van der Waals surface area contributed by atoms with Crippen molar-refractivity contribution in [2.75, 3.05) is 0 Å². The van der Waals surface area contributed by atoms with Crippen LogP contribution in [0.15, 0.2) is 71.8 Å². The number of rotatable bonds is 8. The third kappa shape index (κ3) is 6.78. The SMILES string of the molecule is CCC(Oc1ccc(Cl)cc1Cl)C(=O)NN=Cc1ccc(OC(=O)c2ccccc2F)cc1. The van der Waals surface area contributed by atoms with Crippen molar-refractivity contribution >= 4 is 41.3 Å². The number of hydrogen-bond acceptors (Lipinski definition) is 5. The van der Waals surface area contributed by atoms with Crippen molar-refractivity contribution in [3.05, 3.63) is 93.7 Å². The molecule has 0 aromatic heterocycles. The fourth-order valence-corrected chi connectivity index (χ4v) is 3.15. The van der Waals surface area contributed by atoms with Crippen LogP contribution in [0.3, 0.4) is 0 Å². The molecule has 1 N–H and O–H groups in total. The number of carbonyl (C=O) groups is 2. The van der Waals surface area contributed by atoms with Crippen molar-refractivity contribution < 1.29 is 23.5 Å². The number of hydrogen-bond donors (Lipinski definition) is 1. The largest absolute Gasteiger partial charge is 0.479 e. The van der Waals surface area contributed by atoms with Crippen molar-refractivity contribution in [1.82, 2.24) is 5.43 Å². The normalized spacial score (nSPS) is 11.8. The van der Waals surface area contributed by atoms with E-state index in [1.807, 2.05) is 0 Å². The number of carbonyl (C=O) groups excluding carboxylic acids is 2. The summed E-state index contributed by atoms with van der Waals surface area (Å²) in [5, 5.41) is 4.68. The maximum absolute atomic E-state index is 13.7. The van der Waals surface area contributed by atoms with Crippen molar-refractivity contribution in [3.63, 3.8) is 0 Å². The minimum Gasteiger partial charge on any atom is -0.479 e. The van der Waals surface area contributed by atoms with Crippen LogP contribution in [-0.4, -0.2) is 24.2 Å². The van der Waals surface area contributed by atoms with Gasteiger partial charge in [-0.1, -0.05) is 42.3 Å². The average Bonchev–Trinajstić information content (AvgIpc) is 2.80. The van der Waals surface area contributed by atoms with Crippen molar-refractivity contribution in [2.24, 2.45) is 5.10 Å². The Kier molecular flexibility index (Phi) is 8.40. The molecule has 0 radical (unpaired) electrons. The lowest BCUT2D eigenvalue weighted by Gasteiger charge is -2.16. The van der Waals surface area contributed by atoms with Crippen LogP contribution in [0.25, 0.3) is 0 Å². The maximum atomic E-state index is 13.7. The first-order chi connectivity index (χ1) is 15.9. The molecule has 3 rings (SSSR count). The number of ether oxygens (including phenoxy) is 2. The van der Waals surface area contributed by atoms with E-state index >= 15 is 0 Å². The fourth-order valence-electron chi connectivity index (χ4n) is 2.70. The van der Waals surface area contributed by atoms with E-state index in [9.17, 15) is 14.0 Å². The summed E-state index contributed by atoms with van der Waals surface area (Å²) in [5.41, 5.74) is 2.90. The molecule has 1 atom stereocenters. The molecule has 3 aromatic carbocycles. The van der Waals surface area contributed by atoms with Crippen LogP contribution in [-0.2, 0) is 4.79 Å². The second kappa shape index (κ2) is 11.4. The van der Waals surface area contributed by atoms with Crippen LogP contribution < -0.4 is 14.9 Å². The monoisotopic (exact) mass is 488 g/mol. The summed E-state index contributed by atoms with van der Waals surface area (Å²) < 4.78 is 24.5. The molecule has 0 spiro atoms. The molecule has 3 aromatic rings. The molecule has 0 aliphatic rings. The van der Waals surface area contributed by atoms with Gasteiger partial charge in [0, 0.05) is 5.02 Å². The van der Waals surface area contributed by atoms with Gasteiger partial charge in [0.05, 0.1) is 16.8 Å². The highest BCUT2D eigenvalue weighted by Crippen LogP contribution is 2.28. The van der Waals surface area contributed by atoms with E-state index in [-0.39, 0.29) is 11.3 Å². The Labute approximate surface area is 199 Å². The van der Waals surface area contributed by atoms with Crippen LogP contribution in [0.5, 0.6) is 11.5 Å². The van der Waals surface area contributed by atoms with Crippen LogP contribution in [0, 0.1) is 5.82 Å². The van der Waals surface area contributed by atoms with E-state index in [0.29, 0.717) is 27.8 Å². The molecular formula is C24H19Cl2FN2O4. The zero-order valence-corrected chi connectivity index (χ0v) is 18.9. The number of halogens is 3. The lowest BCUT2D eigenvalue weighted by atomic mass is 10.2. The minimum absolute atomic E-state index is 0.154. The number of nitrogens with one attached hydrogen (secondary N) is 1. The van der Waals surface area contributed by atoms with E-state index in [1.165, 1.54) is 42.6 Å². The van der Waals surface area contributed by atoms with Crippen LogP contribution in [0.2, 0.25) is 10.0 Å². The maximum Gasteiger partial charge on any atom is 0.346 e. The predicted octanol–water partition coefficient (Wildman–Crippen LogP) is 5.66. The number of amides is 1. The highest BCUT2D eigenvalue weighted by molar-refractivity contribution is 6.35. The Bertz CT molecular complexity index is 1170. The van der Waals surface area contributed by atoms with E-state index < -0.39 is 23.8 Å². The molecule has 170 valence electrons. The summed E-state index contributed by atoms with van der Waals surface area (Å²) in [7, 11) is 0. The Morgan fingerprint density at radius 2 is 1.82 bits per heavy atom. The first-order valence-electron chi connectivity index (χ1n) is 9.88. The van der Waals surface area contributed by atoms with Gasteiger partial charge in [0.2, 0.25) is 0 Å². The second-order valence-corrected chi connectivity index (χ2v) is 7.61. The van der Waals surface area contributed by atoms with Gasteiger partial charge in [-0.05, 0) is 66.6 Å². The summed E-state index contributed by atoms with van der Waals surface area (Å²) in [6.07, 6.45) is 1.01. The van der Waals surface area contributed by atoms with Crippen molar-refractivity contribution in [3.8, 4) is 11.5 Å². The van der Waals surface area contributed by atoms with E-state index in [2.05, 4.69) is 10.5 Å². The molecule has 33 heavy (non-hydrogen) atoms. The van der Waals surface area contributed by atoms with Crippen molar-refractivity contribution in [1.29, 1.82) is 0 Å². The third-order valence-electron chi connectivity index (χ3n) is 4.40. The van der Waals surface area contributed by atoms with Gasteiger partial charge in [0.15, 0.2) is 6.10 Å². The van der Waals surface area contributed by atoms with Gasteiger partial charge in [0.25, 0.3) is 5.91 Å². The fraction of sp³-hybridized carbons (Fsp3) is 0.125. The van der Waals surface area contributed by atoms with Crippen LogP contribution >= 0.6 is 23.2 Å². The van der Waals surface area contributed by atoms with E-state index in [4.69, 9.17) is 32.7 Å². The molecule has 0 aliphatic heterocycles. The second-order valence-electron chi connectivity index (χ2n) is 6.76. The topological polar surface area (TPSA) is 77.0 Å². The molecule has 9 heteroatoms. The molecule has 0 saturated heterocycles. The zero-order chi connectivity index (χ0) is 23.8. The highest BCUT2D eigenvalue weighted by atomic mass is 35.5. The Morgan fingerprint density at radius 3 is 2.48 bits per heavy atom. The molecule has 0 saturated carbocycles. The Hall–Kier alpha value is -3.42. The predicted molar refractivity (Wildman–Crippen MR) is 125 cm³/mol. The molecular weight excluding hydrogens is 470 g/mol. The van der Waals surface area contributed by atoms with E-state index in [0.717, 1.165) is 0 Å². The minimum atomic E-state index is -0.805. The molecule has 0 heterocycles. The number of hydrazone groups is 1. The van der Waals surface area contributed by atoms with Gasteiger partial charge in [-0.3, -0.25) is 4.79 Å². The number of esters is 1. The van der Waals surface area contributed by atoms with E-state index in [1.54, 1.807) is 37.3 Å². The standard InChI is InChI=1S/C24H19Cl2FN2O4/c1-2-21(33-22-12-9-16(25)13-19(22)26)23(30)29-28-14-15-7-10-17(11-8-15)32-24(31)18-5-3-4-6-20(18)27/h3-14,21H,2H2,1H3,(H,29,30). The lowest BCUT2D eigenvalue weighted by molar-refractivity contribution is -0.128. The van der Waals surface area contributed by atoms with Gasteiger partial charge in [-0.25, -0.2) is 14.6 Å². The Balaban J connectivity index is 1.55. The van der Waals surface area contributed by atoms with Gasteiger partial charge in [-0.2, -0.15) is 5.10 Å². The molecule has 0 fully saturated rings. The smallest absolute Gasteiger partial charge is 0.346 e. The lowest BCUT2D eigenvalue weighted by Crippen LogP contribution is -2.35. The summed E-state index contributed by atoms with van der Waals surface area (Å²) in [5.74, 6) is -1.32. The summed E-state index contributed by atoms with van der Waals surface area (Å²) in [6, 6.07) is 16.6. The van der Waals surface area contributed by atoms with Crippen LogP contribution in [0.1, 0.15) is 29.3 Å². The average molecular weight is 489 g/mol. The quantitative estimate of drug-likeness (QED) is 0.192.